The fourth-order valence-electron chi connectivity index (χ4n) is 9.10. The summed E-state index contributed by atoms with van der Waals surface area (Å²) in [5, 5.41) is 36.0. The van der Waals surface area contributed by atoms with Gasteiger partial charge in [-0.2, -0.15) is 0 Å². The summed E-state index contributed by atoms with van der Waals surface area (Å²) >= 11 is 0. The topological polar surface area (TPSA) is 98.7 Å². The van der Waals surface area contributed by atoms with Gasteiger partial charge in [0.25, 0.3) is 0 Å². The van der Waals surface area contributed by atoms with Crippen LogP contribution in [-0.2, 0) is 9.59 Å². The number of rotatable bonds is 16. The van der Waals surface area contributed by atoms with Crippen molar-refractivity contribution in [3.05, 3.63) is 96.1 Å². The van der Waals surface area contributed by atoms with Gasteiger partial charge in [-0.05, 0) is 94.9 Å². The molecule has 2 amide bonds. The molecule has 280 valence electrons. The number of hydrogen-bond acceptors (Lipinski definition) is 4. The molecule has 6 heteroatoms. The van der Waals surface area contributed by atoms with Gasteiger partial charge in [-0.15, -0.1) is 0 Å². The maximum atomic E-state index is 14.9. The Kier molecular flexibility index (Phi) is 12.2. The Morgan fingerprint density at radius 3 is 1.19 bits per heavy atom. The van der Waals surface area contributed by atoms with Gasteiger partial charge >= 0.3 is 0 Å². The van der Waals surface area contributed by atoms with Gasteiger partial charge in [-0.25, -0.2) is 0 Å². The molecule has 52 heavy (non-hydrogen) atoms. The molecule has 1 aliphatic rings. The summed E-state index contributed by atoms with van der Waals surface area (Å²) in [5.74, 6) is -0.0679. The van der Waals surface area contributed by atoms with Crippen molar-refractivity contribution in [3.8, 4) is 0 Å². The number of benzene rings is 4. The van der Waals surface area contributed by atoms with E-state index in [1.165, 1.54) is 0 Å². The lowest BCUT2D eigenvalue weighted by Gasteiger charge is -2.46. The van der Waals surface area contributed by atoms with Gasteiger partial charge in [-0.1, -0.05) is 147 Å². The van der Waals surface area contributed by atoms with Crippen LogP contribution in [0, 0.1) is 29.1 Å². The molecule has 0 radical (unpaired) electrons. The summed E-state index contributed by atoms with van der Waals surface area (Å²) in [7, 11) is 0. The van der Waals surface area contributed by atoms with E-state index < -0.39 is 28.7 Å². The summed E-state index contributed by atoms with van der Waals surface area (Å²) in [6.07, 6.45) is 3.48. The highest BCUT2D eigenvalue weighted by atomic mass is 16.3. The molecule has 5 rings (SSSR count). The van der Waals surface area contributed by atoms with Gasteiger partial charge in [-0.3, -0.25) is 9.59 Å². The van der Waals surface area contributed by atoms with Crippen LogP contribution in [0.5, 0.6) is 0 Å². The second-order valence-electron chi connectivity index (χ2n) is 17.5. The van der Waals surface area contributed by atoms with Crippen molar-refractivity contribution in [3.63, 3.8) is 0 Å². The third kappa shape index (κ3) is 8.39. The molecule has 0 heterocycles. The smallest absolute Gasteiger partial charge is 0.236 e. The van der Waals surface area contributed by atoms with E-state index in [1.807, 2.05) is 84.9 Å². The van der Waals surface area contributed by atoms with Crippen molar-refractivity contribution >= 4 is 33.4 Å². The van der Waals surface area contributed by atoms with E-state index in [4.69, 9.17) is 0 Å². The first kappa shape index (κ1) is 39.5. The molecule has 0 unspecified atom stereocenters. The van der Waals surface area contributed by atoms with E-state index in [0.717, 1.165) is 39.1 Å². The molecule has 1 aliphatic carbocycles. The average Bonchev–Trinajstić information content (AvgIpc) is 3.03. The van der Waals surface area contributed by atoms with Crippen molar-refractivity contribution in [1.29, 1.82) is 0 Å². The minimum atomic E-state index is -1.33. The number of hydrogen-bond donors (Lipinski definition) is 4. The third-order valence-electron chi connectivity index (χ3n) is 11.0. The van der Waals surface area contributed by atoms with Crippen LogP contribution < -0.4 is 10.6 Å². The normalized spacial score (nSPS) is 16.0. The Morgan fingerprint density at radius 2 is 0.885 bits per heavy atom. The van der Waals surface area contributed by atoms with Crippen molar-refractivity contribution in [2.24, 2.45) is 29.1 Å². The third-order valence-corrected chi connectivity index (χ3v) is 11.0. The van der Waals surface area contributed by atoms with Gasteiger partial charge < -0.3 is 20.8 Å². The molecular formula is C46H62N2O4. The van der Waals surface area contributed by atoms with Gasteiger partial charge in [0.2, 0.25) is 11.8 Å². The Hall–Kier alpha value is -3.74. The van der Waals surface area contributed by atoms with E-state index in [-0.39, 0.29) is 35.5 Å². The van der Waals surface area contributed by atoms with Crippen molar-refractivity contribution in [2.75, 3.05) is 0 Å². The van der Waals surface area contributed by atoms with Crippen LogP contribution in [0.4, 0.5) is 0 Å². The van der Waals surface area contributed by atoms with E-state index >= 15 is 0 Å². The molecule has 6 nitrogen and oxygen atoms in total. The maximum absolute atomic E-state index is 14.9. The number of amides is 2. The first-order valence-electron chi connectivity index (χ1n) is 19.6. The highest BCUT2D eigenvalue weighted by Crippen LogP contribution is 2.47. The van der Waals surface area contributed by atoms with Crippen LogP contribution in [0.25, 0.3) is 21.5 Å². The molecule has 1 saturated carbocycles. The second kappa shape index (κ2) is 16.1. The maximum Gasteiger partial charge on any atom is 0.236 e. The Labute approximate surface area is 311 Å². The standard InChI is InChI=1S/C46H62N2O4/c1-30(2)26-45(51,27-31(3)4)40(38-22-13-18-34-16-9-11-20-36(34)38)47-42(49)44(24-15-25-44)43(50)48-41(46(52,28-32(5)6)29-33(7)8)39-23-14-19-35-17-10-12-21-37(35)39/h9-14,16-23,30-33,40-41,51-52H,15,24-29H2,1-8H3,(H,47,49)(H,48,50)/t40-,41-/m0/s1. The highest BCUT2D eigenvalue weighted by molar-refractivity contribution is 6.06. The minimum absolute atomic E-state index is 0.167. The number of carbonyl (C=O) groups is 2. The van der Waals surface area contributed by atoms with E-state index in [9.17, 15) is 19.8 Å². The first-order chi connectivity index (χ1) is 24.6. The van der Waals surface area contributed by atoms with Gasteiger partial charge in [0, 0.05) is 0 Å². The van der Waals surface area contributed by atoms with E-state index in [0.29, 0.717) is 38.5 Å². The Morgan fingerprint density at radius 1 is 0.558 bits per heavy atom. The number of aliphatic hydroxyl groups is 2. The molecule has 0 bridgehead atoms. The molecule has 0 aliphatic heterocycles. The quantitative estimate of drug-likeness (QED) is 0.0872. The van der Waals surface area contributed by atoms with Crippen LogP contribution in [0.2, 0.25) is 0 Å². The first-order valence-corrected chi connectivity index (χ1v) is 19.6. The molecule has 0 aromatic heterocycles. The molecule has 4 aromatic rings. The Balaban J connectivity index is 1.59. The van der Waals surface area contributed by atoms with Gasteiger partial charge in [0.1, 0.15) is 5.41 Å². The zero-order chi connectivity index (χ0) is 37.8. The van der Waals surface area contributed by atoms with Gasteiger partial charge in [0.15, 0.2) is 0 Å². The van der Waals surface area contributed by atoms with Crippen LogP contribution in [0.3, 0.4) is 0 Å². The van der Waals surface area contributed by atoms with Crippen LogP contribution in [0.15, 0.2) is 84.9 Å². The average molecular weight is 707 g/mol. The van der Waals surface area contributed by atoms with E-state index in [1.54, 1.807) is 0 Å². The molecule has 4 aromatic carbocycles. The zero-order valence-corrected chi connectivity index (χ0v) is 32.7. The molecule has 0 spiro atoms. The lowest BCUT2D eigenvalue weighted by molar-refractivity contribution is -0.154. The lowest BCUT2D eigenvalue weighted by Crippen LogP contribution is -2.60. The summed E-state index contributed by atoms with van der Waals surface area (Å²) in [5.41, 5.74) is -2.16. The fourth-order valence-corrected chi connectivity index (χ4v) is 9.10. The zero-order valence-electron chi connectivity index (χ0n) is 32.7. The minimum Gasteiger partial charge on any atom is -0.387 e. The van der Waals surface area contributed by atoms with Crippen LogP contribution in [0.1, 0.15) is 124 Å². The summed E-state index contributed by atoms with van der Waals surface area (Å²) in [4.78, 5) is 29.8. The fraction of sp³-hybridized carbons (Fsp3) is 0.522. The van der Waals surface area contributed by atoms with Crippen molar-refractivity contribution in [1.82, 2.24) is 10.6 Å². The molecular weight excluding hydrogens is 645 g/mol. The Bertz CT molecular complexity index is 1680. The lowest BCUT2D eigenvalue weighted by atomic mass is 9.66. The largest absolute Gasteiger partial charge is 0.387 e. The number of fused-ring (bicyclic) bond motifs is 2. The second-order valence-corrected chi connectivity index (χ2v) is 17.5. The monoisotopic (exact) mass is 706 g/mol. The van der Waals surface area contributed by atoms with Crippen LogP contribution >= 0.6 is 0 Å². The van der Waals surface area contributed by atoms with Gasteiger partial charge in [0.05, 0.1) is 23.3 Å². The highest BCUT2D eigenvalue weighted by Gasteiger charge is 2.54. The van der Waals surface area contributed by atoms with Crippen molar-refractivity contribution in [2.45, 2.75) is 124 Å². The SMILES string of the molecule is CC(C)CC(O)(CC(C)C)[C@@H](NC(=O)C1(C(=O)N[C@@H](c2cccc3ccccc23)C(O)(CC(C)C)CC(C)C)CCC1)c1cccc2ccccc12. The number of carbonyl (C=O) groups excluding carboxylic acids is 2. The summed E-state index contributed by atoms with van der Waals surface area (Å²) in [6, 6.07) is 26.7. The predicted molar refractivity (Wildman–Crippen MR) is 214 cm³/mol. The summed E-state index contributed by atoms with van der Waals surface area (Å²) in [6.45, 7) is 16.8. The molecule has 0 saturated heterocycles. The van der Waals surface area contributed by atoms with Crippen molar-refractivity contribution < 1.29 is 19.8 Å². The van der Waals surface area contributed by atoms with Crippen LogP contribution in [-0.4, -0.2) is 33.2 Å². The molecule has 2 atom stereocenters. The number of nitrogens with one attached hydrogen (secondary N) is 2. The van der Waals surface area contributed by atoms with E-state index in [2.05, 4.69) is 66.0 Å². The predicted octanol–water partition coefficient (Wildman–Crippen LogP) is 9.82. The molecule has 4 N–H and O–H groups in total. The summed E-state index contributed by atoms with van der Waals surface area (Å²) < 4.78 is 0. The molecule has 1 fully saturated rings.